The van der Waals surface area contributed by atoms with Crippen LogP contribution in [-0.4, -0.2) is 22.1 Å². The first-order chi connectivity index (χ1) is 12.2. The molecule has 0 radical (unpaired) electrons. The smallest absolute Gasteiger partial charge is 0.119 e. The maximum atomic E-state index is 5.38. The molecule has 0 aliphatic heterocycles. The predicted octanol–water partition coefficient (Wildman–Crippen LogP) is 3.63. The van der Waals surface area contributed by atoms with Crippen LogP contribution in [0.1, 0.15) is 41.7 Å². The fourth-order valence-electron chi connectivity index (χ4n) is 2.89. The summed E-state index contributed by atoms with van der Waals surface area (Å²) in [6.45, 7) is 4.06. The van der Waals surface area contributed by atoms with Crippen LogP contribution in [0.2, 0.25) is 0 Å². The summed E-state index contributed by atoms with van der Waals surface area (Å²) in [7, 11) is 1.67. The number of pyridine rings is 1. The number of nitrogens with one attached hydrogen (secondary N) is 1. The summed E-state index contributed by atoms with van der Waals surface area (Å²) in [5, 5.41) is 3.64. The minimum absolute atomic E-state index is 0.0203. The van der Waals surface area contributed by atoms with Crippen LogP contribution < -0.4 is 10.1 Å². The van der Waals surface area contributed by atoms with Crippen LogP contribution in [0.25, 0.3) is 0 Å². The van der Waals surface area contributed by atoms with Crippen LogP contribution in [0, 0.1) is 6.92 Å². The standard InChI is InChI=1S/C20H22N4O/c1-14-19(23-12-11-21-14)15(2)24-20(18-9-4-5-10-22-18)16-7-6-8-17(13-16)25-3/h4-13,15,20,24H,1-3H3/t15-,20+/m1/s1. The number of rotatable bonds is 6. The molecule has 0 saturated carbocycles. The minimum atomic E-state index is -0.0762. The van der Waals surface area contributed by atoms with Gasteiger partial charge in [0.15, 0.2) is 0 Å². The molecule has 3 rings (SSSR count). The molecule has 0 unspecified atom stereocenters. The van der Waals surface area contributed by atoms with Crippen LogP contribution >= 0.6 is 0 Å². The van der Waals surface area contributed by atoms with Gasteiger partial charge in [0.1, 0.15) is 5.75 Å². The summed E-state index contributed by atoms with van der Waals surface area (Å²) in [4.78, 5) is 13.4. The van der Waals surface area contributed by atoms with Crippen molar-refractivity contribution in [3.05, 3.63) is 83.7 Å². The third kappa shape index (κ3) is 4.00. The van der Waals surface area contributed by atoms with Gasteiger partial charge in [-0.25, -0.2) is 0 Å². The van der Waals surface area contributed by atoms with Gasteiger partial charge in [-0.15, -0.1) is 0 Å². The fraction of sp³-hybridized carbons (Fsp3) is 0.250. The lowest BCUT2D eigenvalue weighted by Gasteiger charge is -2.24. The molecule has 5 heteroatoms. The number of aryl methyl sites for hydroxylation is 1. The van der Waals surface area contributed by atoms with Crippen LogP contribution in [0.3, 0.4) is 0 Å². The summed E-state index contributed by atoms with van der Waals surface area (Å²) >= 11 is 0. The Morgan fingerprint density at radius 3 is 2.52 bits per heavy atom. The Bertz CT molecular complexity index is 823. The van der Waals surface area contributed by atoms with E-state index in [1.54, 1.807) is 19.5 Å². The van der Waals surface area contributed by atoms with Gasteiger partial charge in [-0.3, -0.25) is 20.3 Å². The van der Waals surface area contributed by atoms with Gasteiger partial charge in [0.05, 0.1) is 30.2 Å². The maximum Gasteiger partial charge on any atom is 0.119 e. The molecule has 0 aliphatic carbocycles. The third-order valence-electron chi connectivity index (χ3n) is 4.16. The van der Waals surface area contributed by atoms with E-state index in [2.05, 4.69) is 33.3 Å². The number of hydrogen-bond acceptors (Lipinski definition) is 5. The zero-order valence-corrected chi connectivity index (χ0v) is 14.7. The summed E-state index contributed by atoms with van der Waals surface area (Å²) in [6.07, 6.45) is 5.24. The molecule has 3 aromatic rings. The molecule has 5 nitrogen and oxygen atoms in total. The molecule has 25 heavy (non-hydrogen) atoms. The van der Waals surface area contributed by atoms with Gasteiger partial charge in [0, 0.05) is 24.6 Å². The molecule has 2 atom stereocenters. The summed E-state index contributed by atoms with van der Waals surface area (Å²) < 4.78 is 5.38. The average Bonchev–Trinajstić information content (AvgIpc) is 2.67. The molecule has 0 saturated heterocycles. The van der Waals surface area contributed by atoms with Crippen LogP contribution in [0.5, 0.6) is 5.75 Å². The molecule has 2 heterocycles. The molecule has 2 aromatic heterocycles. The topological polar surface area (TPSA) is 59.9 Å². The highest BCUT2D eigenvalue weighted by Crippen LogP contribution is 2.27. The van der Waals surface area contributed by atoms with E-state index in [1.807, 2.05) is 49.5 Å². The van der Waals surface area contributed by atoms with Gasteiger partial charge < -0.3 is 4.74 Å². The van der Waals surface area contributed by atoms with Crippen LogP contribution in [-0.2, 0) is 0 Å². The predicted molar refractivity (Wildman–Crippen MR) is 97.4 cm³/mol. The van der Waals surface area contributed by atoms with Gasteiger partial charge in [-0.2, -0.15) is 0 Å². The lowest BCUT2D eigenvalue weighted by atomic mass is 10.0. The van der Waals surface area contributed by atoms with Crippen molar-refractivity contribution in [2.45, 2.75) is 25.9 Å². The summed E-state index contributed by atoms with van der Waals surface area (Å²) in [6, 6.07) is 13.9. The molecule has 1 aromatic carbocycles. The van der Waals surface area contributed by atoms with Crippen molar-refractivity contribution in [1.82, 2.24) is 20.3 Å². The SMILES string of the molecule is COc1cccc([C@H](N[C@H](C)c2nccnc2C)c2ccccn2)c1. The zero-order chi connectivity index (χ0) is 17.6. The van der Waals surface area contributed by atoms with Crippen molar-refractivity contribution in [1.29, 1.82) is 0 Å². The average molecular weight is 334 g/mol. The normalized spacial score (nSPS) is 13.2. The van der Waals surface area contributed by atoms with E-state index in [0.29, 0.717) is 0 Å². The largest absolute Gasteiger partial charge is 0.497 e. The van der Waals surface area contributed by atoms with Crippen molar-refractivity contribution in [3.63, 3.8) is 0 Å². The highest BCUT2D eigenvalue weighted by molar-refractivity contribution is 5.35. The second kappa shape index (κ2) is 7.85. The molecule has 0 aliphatic rings. The van der Waals surface area contributed by atoms with Gasteiger partial charge in [-0.05, 0) is 43.7 Å². The van der Waals surface area contributed by atoms with E-state index in [1.165, 1.54) is 0 Å². The molecule has 0 fully saturated rings. The Labute approximate surface area is 148 Å². The first kappa shape index (κ1) is 17.0. The lowest BCUT2D eigenvalue weighted by Crippen LogP contribution is -2.27. The molecule has 0 bridgehead atoms. The molecule has 1 N–H and O–H groups in total. The van der Waals surface area contributed by atoms with E-state index in [4.69, 9.17) is 4.74 Å². The van der Waals surface area contributed by atoms with Crippen molar-refractivity contribution < 1.29 is 4.74 Å². The Hall–Kier alpha value is -2.79. The molecule has 0 amide bonds. The van der Waals surface area contributed by atoms with E-state index in [0.717, 1.165) is 28.4 Å². The number of methoxy groups -OCH3 is 1. The third-order valence-corrected chi connectivity index (χ3v) is 4.16. The summed E-state index contributed by atoms with van der Waals surface area (Å²) in [5.74, 6) is 0.823. The van der Waals surface area contributed by atoms with Crippen molar-refractivity contribution >= 4 is 0 Å². The number of ether oxygens (including phenoxy) is 1. The Kier molecular flexibility index (Phi) is 5.36. The Morgan fingerprint density at radius 1 is 0.960 bits per heavy atom. The van der Waals surface area contributed by atoms with Gasteiger partial charge in [-0.1, -0.05) is 18.2 Å². The number of aromatic nitrogens is 3. The monoisotopic (exact) mass is 334 g/mol. The summed E-state index contributed by atoms with van der Waals surface area (Å²) in [5.41, 5.74) is 3.90. The first-order valence-electron chi connectivity index (χ1n) is 8.27. The van der Waals surface area contributed by atoms with E-state index in [9.17, 15) is 0 Å². The lowest BCUT2D eigenvalue weighted by molar-refractivity contribution is 0.412. The van der Waals surface area contributed by atoms with Crippen LogP contribution in [0.15, 0.2) is 61.1 Å². The molecule has 0 spiro atoms. The van der Waals surface area contributed by atoms with Gasteiger partial charge in [0.2, 0.25) is 0 Å². The number of hydrogen-bond donors (Lipinski definition) is 1. The van der Waals surface area contributed by atoms with Gasteiger partial charge in [0.25, 0.3) is 0 Å². The second-order valence-electron chi connectivity index (χ2n) is 5.88. The van der Waals surface area contributed by atoms with E-state index < -0.39 is 0 Å². The zero-order valence-electron chi connectivity index (χ0n) is 14.7. The maximum absolute atomic E-state index is 5.38. The Morgan fingerprint density at radius 2 is 1.80 bits per heavy atom. The quantitative estimate of drug-likeness (QED) is 0.746. The highest BCUT2D eigenvalue weighted by Gasteiger charge is 2.20. The number of benzene rings is 1. The van der Waals surface area contributed by atoms with Crippen LogP contribution in [0.4, 0.5) is 0 Å². The van der Waals surface area contributed by atoms with Crippen molar-refractivity contribution in [2.75, 3.05) is 7.11 Å². The molecular weight excluding hydrogens is 312 g/mol. The molecular formula is C20H22N4O. The molecule has 128 valence electrons. The van der Waals surface area contributed by atoms with E-state index >= 15 is 0 Å². The minimum Gasteiger partial charge on any atom is -0.497 e. The van der Waals surface area contributed by atoms with Gasteiger partial charge >= 0.3 is 0 Å². The second-order valence-corrected chi connectivity index (χ2v) is 5.88. The van der Waals surface area contributed by atoms with E-state index in [-0.39, 0.29) is 12.1 Å². The fourth-order valence-corrected chi connectivity index (χ4v) is 2.89. The number of nitrogens with zero attached hydrogens (tertiary/aromatic N) is 3. The Balaban J connectivity index is 1.96. The van der Waals surface area contributed by atoms with Crippen molar-refractivity contribution in [3.8, 4) is 5.75 Å². The van der Waals surface area contributed by atoms with Crippen molar-refractivity contribution in [2.24, 2.45) is 0 Å². The highest BCUT2D eigenvalue weighted by atomic mass is 16.5. The first-order valence-corrected chi connectivity index (χ1v) is 8.27.